The number of phenols is 1. The molecule has 3 atom stereocenters. The summed E-state index contributed by atoms with van der Waals surface area (Å²) in [4.78, 5) is 2.43. The summed E-state index contributed by atoms with van der Waals surface area (Å²) in [6, 6.07) is 7.74. The smallest absolute Gasteiger partial charge is 0.211 e. The first-order chi connectivity index (χ1) is 10.7. The zero-order chi connectivity index (χ0) is 16.8. The molecule has 3 unspecified atom stereocenters. The predicted molar refractivity (Wildman–Crippen MR) is 91.0 cm³/mol. The molecule has 2 saturated heterocycles. The second-order valence-electron chi connectivity index (χ2n) is 7.34. The van der Waals surface area contributed by atoms with Crippen LogP contribution in [0.3, 0.4) is 0 Å². The van der Waals surface area contributed by atoms with Gasteiger partial charge in [-0.15, -0.1) is 0 Å². The van der Waals surface area contributed by atoms with Crippen LogP contribution in [0.5, 0.6) is 5.75 Å². The highest BCUT2D eigenvalue weighted by atomic mass is 32.2. The van der Waals surface area contributed by atoms with E-state index >= 15 is 0 Å². The standard InChI is InChI=1S/C17H26N2O3S/c1-13-11-18-7-8-19(23(3,21)22)12-15(18)10-17(13,2)14-5-4-6-16(20)9-14/h4-6,9,13,15,20H,7-8,10-12H2,1-3H3. The molecule has 5 nitrogen and oxygen atoms in total. The maximum atomic E-state index is 11.9. The average molecular weight is 338 g/mol. The number of phenolic OH excluding ortho intramolecular Hbond substituents is 1. The molecule has 0 saturated carbocycles. The van der Waals surface area contributed by atoms with Crippen LogP contribution in [-0.2, 0) is 15.4 Å². The Balaban J connectivity index is 1.87. The van der Waals surface area contributed by atoms with Crippen LogP contribution in [0.25, 0.3) is 0 Å². The number of hydrogen-bond acceptors (Lipinski definition) is 4. The molecule has 1 aromatic rings. The van der Waals surface area contributed by atoms with Crippen LogP contribution in [0, 0.1) is 5.92 Å². The van der Waals surface area contributed by atoms with Gasteiger partial charge in [0.1, 0.15) is 5.75 Å². The molecular formula is C17H26N2O3S. The van der Waals surface area contributed by atoms with Gasteiger partial charge in [0.05, 0.1) is 6.26 Å². The van der Waals surface area contributed by atoms with Crippen LogP contribution in [0.15, 0.2) is 24.3 Å². The first-order valence-electron chi connectivity index (χ1n) is 8.19. The van der Waals surface area contributed by atoms with Crippen molar-refractivity contribution in [2.75, 3.05) is 32.4 Å². The quantitative estimate of drug-likeness (QED) is 0.890. The second kappa shape index (κ2) is 5.76. The molecule has 0 aromatic heterocycles. The van der Waals surface area contributed by atoms with Gasteiger partial charge in [-0.2, -0.15) is 4.31 Å². The van der Waals surface area contributed by atoms with Gasteiger partial charge in [-0.25, -0.2) is 8.42 Å². The molecule has 0 aliphatic carbocycles. The number of rotatable bonds is 2. The highest BCUT2D eigenvalue weighted by molar-refractivity contribution is 7.88. The number of piperidine rings is 1. The number of nitrogens with zero attached hydrogens (tertiary/aromatic N) is 2. The van der Waals surface area contributed by atoms with Crippen LogP contribution < -0.4 is 0 Å². The van der Waals surface area contributed by atoms with E-state index in [9.17, 15) is 13.5 Å². The SMILES string of the molecule is CC1CN2CCN(S(C)(=O)=O)CC2CC1(C)c1cccc(O)c1. The highest BCUT2D eigenvalue weighted by Crippen LogP contribution is 2.43. The molecule has 128 valence electrons. The summed E-state index contributed by atoms with van der Waals surface area (Å²) in [5, 5.41) is 9.83. The Morgan fingerprint density at radius 1 is 1.26 bits per heavy atom. The van der Waals surface area contributed by atoms with Gasteiger partial charge >= 0.3 is 0 Å². The van der Waals surface area contributed by atoms with Gasteiger partial charge < -0.3 is 5.11 Å². The molecule has 2 heterocycles. The number of aromatic hydroxyl groups is 1. The summed E-state index contributed by atoms with van der Waals surface area (Å²) < 4.78 is 25.4. The molecule has 6 heteroatoms. The summed E-state index contributed by atoms with van der Waals surface area (Å²) in [6.07, 6.45) is 2.20. The number of sulfonamides is 1. The van der Waals surface area contributed by atoms with E-state index in [0.717, 1.165) is 25.1 Å². The third-order valence-corrected chi connectivity index (χ3v) is 7.07. The van der Waals surface area contributed by atoms with Crippen molar-refractivity contribution in [3.8, 4) is 5.75 Å². The first kappa shape index (κ1) is 16.7. The van der Waals surface area contributed by atoms with Crippen LogP contribution in [-0.4, -0.2) is 61.2 Å². The Morgan fingerprint density at radius 2 is 2.00 bits per heavy atom. The van der Waals surface area contributed by atoms with Gasteiger partial charge in [-0.1, -0.05) is 26.0 Å². The normalized spacial score (nSPS) is 33.3. The van der Waals surface area contributed by atoms with Gasteiger partial charge in [-0.05, 0) is 35.4 Å². The largest absolute Gasteiger partial charge is 0.508 e. The summed E-state index contributed by atoms with van der Waals surface area (Å²) in [6.45, 7) is 7.42. The van der Waals surface area contributed by atoms with Crippen molar-refractivity contribution in [3.63, 3.8) is 0 Å². The van der Waals surface area contributed by atoms with E-state index in [1.54, 1.807) is 10.4 Å². The van der Waals surface area contributed by atoms with Gasteiger partial charge in [0.2, 0.25) is 10.0 Å². The fraction of sp³-hybridized carbons (Fsp3) is 0.647. The minimum absolute atomic E-state index is 0.0551. The Morgan fingerprint density at radius 3 is 2.65 bits per heavy atom. The molecule has 2 aliphatic rings. The Labute approximate surface area is 139 Å². The third kappa shape index (κ3) is 3.12. The molecule has 3 rings (SSSR count). The highest BCUT2D eigenvalue weighted by Gasteiger charge is 2.45. The minimum atomic E-state index is -3.13. The molecule has 2 fully saturated rings. The molecular weight excluding hydrogens is 312 g/mol. The molecule has 0 amide bonds. The molecule has 1 N–H and O–H groups in total. The van der Waals surface area contributed by atoms with Crippen molar-refractivity contribution in [1.82, 2.24) is 9.21 Å². The van der Waals surface area contributed by atoms with E-state index in [4.69, 9.17) is 0 Å². The molecule has 0 spiro atoms. The second-order valence-corrected chi connectivity index (χ2v) is 9.33. The van der Waals surface area contributed by atoms with Gasteiger partial charge in [0.15, 0.2) is 0 Å². The lowest BCUT2D eigenvalue weighted by molar-refractivity contribution is 0.0185. The van der Waals surface area contributed by atoms with Crippen molar-refractivity contribution in [1.29, 1.82) is 0 Å². The van der Waals surface area contributed by atoms with Crippen molar-refractivity contribution in [2.45, 2.75) is 31.7 Å². The van der Waals surface area contributed by atoms with E-state index in [-0.39, 0.29) is 11.5 Å². The van der Waals surface area contributed by atoms with Crippen molar-refractivity contribution < 1.29 is 13.5 Å². The number of piperazine rings is 1. The van der Waals surface area contributed by atoms with E-state index in [1.165, 1.54) is 6.26 Å². The molecule has 0 bridgehead atoms. The predicted octanol–water partition coefficient (Wildman–Crippen LogP) is 1.64. The van der Waals surface area contributed by atoms with Crippen LogP contribution in [0.1, 0.15) is 25.8 Å². The van der Waals surface area contributed by atoms with Crippen molar-refractivity contribution >= 4 is 10.0 Å². The fourth-order valence-electron chi connectivity index (χ4n) is 4.11. The Hall–Kier alpha value is -1.11. The lowest BCUT2D eigenvalue weighted by Gasteiger charge is -2.52. The van der Waals surface area contributed by atoms with Crippen LogP contribution in [0.4, 0.5) is 0 Å². The number of benzene rings is 1. The Kier molecular flexibility index (Phi) is 4.19. The monoisotopic (exact) mass is 338 g/mol. The van der Waals surface area contributed by atoms with E-state index in [0.29, 0.717) is 24.8 Å². The Bertz CT molecular complexity index is 691. The van der Waals surface area contributed by atoms with E-state index in [2.05, 4.69) is 24.8 Å². The van der Waals surface area contributed by atoms with Crippen LogP contribution in [0.2, 0.25) is 0 Å². The van der Waals surface area contributed by atoms with E-state index < -0.39 is 10.0 Å². The molecule has 23 heavy (non-hydrogen) atoms. The zero-order valence-corrected chi connectivity index (χ0v) is 14.9. The van der Waals surface area contributed by atoms with Gasteiger partial charge in [-0.3, -0.25) is 4.90 Å². The maximum Gasteiger partial charge on any atom is 0.211 e. The number of hydrogen-bond donors (Lipinski definition) is 1. The molecule has 0 radical (unpaired) electrons. The fourth-order valence-corrected chi connectivity index (χ4v) is 4.96. The summed E-state index contributed by atoms with van der Waals surface area (Å²) in [5.41, 5.74) is 1.08. The lowest BCUT2D eigenvalue weighted by Crippen LogP contribution is -2.61. The van der Waals surface area contributed by atoms with Crippen LogP contribution >= 0.6 is 0 Å². The lowest BCUT2D eigenvalue weighted by atomic mass is 9.65. The molecule has 2 aliphatic heterocycles. The summed E-state index contributed by atoms with van der Waals surface area (Å²) in [7, 11) is -3.13. The average Bonchev–Trinajstić information content (AvgIpc) is 2.47. The van der Waals surface area contributed by atoms with Gasteiger partial charge in [0, 0.05) is 32.2 Å². The van der Waals surface area contributed by atoms with Crippen molar-refractivity contribution in [2.24, 2.45) is 5.92 Å². The minimum Gasteiger partial charge on any atom is -0.508 e. The van der Waals surface area contributed by atoms with E-state index in [1.807, 2.05) is 12.1 Å². The summed E-state index contributed by atoms with van der Waals surface area (Å²) >= 11 is 0. The maximum absolute atomic E-state index is 11.9. The van der Waals surface area contributed by atoms with Gasteiger partial charge in [0.25, 0.3) is 0 Å². The zero-order valence-electron chi connectivity index (χ0n) is 14.1. The first-order valence-corrected chi connectivity index (χ1v) is 10.0. The number of fused-ring (bicyclic) bond motifs is 1. The molecule has 1 aromatic carbocycles. The topological polar surface area (TPSA) is 60.9 Å². The van der Waals surface area contributed by atoms with Crippen molar-refractivity contribution in [3.05, 3.63) is 29.8 Å². The third-order valence-electron chi connectivity index (χ3n) is 5.80. The summed E-state index contributed by atoms with van der Waals surface area (Å²) in [5.74, 6) is 0.741.